The molecule has 1 unspecified atom stereocenters. The number of thiophene rings is 1. The molecule has 2 heterocycles. The molecule has 0 bridgehead atoms. The van der Waals surface area contributed by atoms with Gasteiger partial charge in [-0.15, -0.1) is 11.3 Å². The first-order valence-electron chi connectivity index (χ1n) is 10.3. The van der Waals surface area contributed by atoms with E-state index in [0.29, 0.717) is 16.3 Å². The number of aliphatic hydroxyl groups is 1. The summed E-state index contributed by atoms with van der Waals surface area (Å²) in [7, 11) is 0. The third kappa shape index (κ3) is 3.48. The molecule has 1 atom stereocenters. The van der Waals surface area contributed by atoms with Crippen LogP contribution in [0.4, 0.5) is 5.69 Å². The quantitative estimate of drug-likeness (QED) is 0.307. The number of nitrogens with zero attached hydrogens (tertiary/aromatic N) is 1. The molecule has 5 rings (SSSR count). The molecule has 2 aromatic carbocycles. The van der Waals surface area contributed by atoms with Crippen molar-refractivity contribution in [1.29, 1.82) is 0 Å². The molecule has 1 aliphatic carbocycles. The zero-order valence-electron chi connectivity index (χ0n) is 16.7. The van der Waals surface area contributed by atoms with Crippen molar-refractivity contribution >= 4 is 46.1 Å². The number of aliphatic hydroxyl groups excluding tert-OH is 1. The highest BCUT2D eigenvalue weighted by Crippen LogP contribution is 2.44. The van der Waals surface area contributed by atoms with Gasteiger partial charge in [-0.1, -0.05) is 35.9 Å². The lowest BCUT2D eigenvalue weighted by Crippen LogP contribution is -2.29. The Hall–Kier alpha value is -2.89. The molecule has 3 aromatic rings. The second kappa shape index (κ2) is 7.98. The van der Waals surface area contributed by atoms with Crippen LogP contribution in [-0.4, -0.2) is 16.8 Å². The Morgan fingerprint density at radius 2 is 1.81 bits per heavy atom. The van der Waals surface area contributed by atoms with Gasteiger partial charge in [0.15, 0.2) is 0 Å². The lowest BCUT2D eigenvalue weighted by Gasteiger charge is -2.24. The summed E-state index contributed by atoms with van der Waals surface area (Å²) in [5.41, 5.74) is 3.70. The zero-order chi connectivity index (χ0) is 21.5. The van der Waals surface area contributed by atoms with Crippen molar-refractivity contribution < 1.29 is 14.7 Å². The third-order valence-corrected chi connectivity index (χ3v) is 7.13. The number of aryl methyl sites for hydroxylation is 2. The predicted molar refractivity (Wildman–Crippen MR) is 124 cm³/mol. The highest BCUT2D eigenvalue weighted by Gasteiger charge is 2.47. The van der Waals surface area contributed by atoms with Gasteiger partial charge in [0, 0.05) is 21.2 Å². The van der Waals surface area contributed by atoms with Gasteiger partial charge in [-0.3, -0.25) is 14.5 Å². The summed E-state index contributed by atoms with van der Waals surface area (Å²) in [5.74, 6) is -1.48. The number of Topliss-reactive ketones (excluding diaryl/α,β-unsaturated/α-hetero) is 1. The second-order valence-corrected chi connectivity index (χ2v) is 9.27. The number of rotatable bonds is 3. The Bertz CT molecular complexity index is 1220. The molecule has 1 fully saturated rings. The first-order chi connectivity index (χ1) is 15.0. The highest BCUT2D eigenvalue weighted by atomic mass is 35.5. The number of fused-ring (bicyclic) bond motifs is 1. The van der Waals surface area contributed by atoms with Gasteiger partial charge < -0.3 is 5.11 Å². The van der Waals surface area contributed by atoms with Crippen LogP contribution < -0.4 is 4.90 Å². The van der Waals surface area contributed by atoms with Crippen molar-refractivity contribution in [3.05, 3.63) is 92.1 Å². The van der Waals surface area contributed by atoms with Gasteiger partial charge in [0.2, 0.25) is 0 Å². The van der Waals surface area contributed by atoms with E-state index >= 15 is 0 Å². The molecule has 1 aromatic heterocycles. The molecule has 1 aliphatic heterocycles. The van der Waals surface area contributed by atoms with Gasteiger partial charge in [0.25, 0.3) is 11.7 Å². The van der Waals surface area contributed by atoms with E-state index in [1.807, 2.05) is 35.7 Å². The summed E-state index contributed by atoms with van der Waals surface area (Å²) in [4.78, 5) is 28.5. The number of hydrogen-bond acceptors (Lipinski definition) is 4. The molecule has 4 nitrogen and oxygen atoms in total. The van der Waals surface area contributed by atoms with Gasteiger partial charge in [0.1, 0.15) is 11.8 Å². The SMILES string of the molecule is O=C1C(=O)N(c2cccc(Cl)c2)C(c2cccs2)/C1=C(/O)c1ccc2c(c1)CCCC2. The summed E-state index contributed by atoms with van der Waals surface area (Å²) in [6.07, 6.45) is 4.28. The molecule has 1 N–H and O–H groups in total. The van der Waals surface area contributed by atoms with Crippen molar-refractivity contribution in [2.75, 3.05) is 4.90 Å². The minimum Gasteiger partial charge on any atom is -0.507 e. The highest BCUT2D eigenvalue weighted by molar-refractivity contribution is 7.10. The number of carbonyl (C=O) groups is 2. The van der Waals surface area contributed by atoms with Crippen molar-refractivity contribution in [2.45, 2.75) is 31.7 Å². The number of hydrogen-bond donors (Lipinski definition) is 1. The normalized spacial score (nSPS) is 20.2. The van der Waals surface area contributed by atoms with E-state index in [-0.39, 0.29) is 11.3 Å². The Morgan fingerprint density at radius 3 is 2.55 bits per heavy atom. The number of amides is 1. The first-order valence-corrected chi connectivity index (χ1v) is 11.5. The van der Waals surface area contributed by atoms with Gasteiger partial charge in [-0.05, 0) is 72.5 Å². The number of benzene rings is 2. The van der Waals surface area contributed by atoms with Crippen LogP contribution in [0.2, 0.25) is 5.02 Å². The molecular formula is C25H20ClNO3S. The Labute approximate surface area is 189 Å². The van der Waals surface area contributed by atoms with E-state index in [2.05, 4.69) is 0 Å². The van der Waals surface area contributed by atoms with Crippen LogP contribution in [-0.2, 0) is 22.4 Å². The number of halogens is 1. The van der Waals surface area contributed by atoms with E-state index in [0.717, 1.165) is 24.1 Å². The van der Waals surface area contributed by atoms with Crippen molar-refractivity contribution in [2.24, 2.45) is 0 Å². The van der Waals surface area contributed by atoms with Crippen LogP contribution in [0.5, 0.6) is 0 Å². The van der Waals surface area contributed by atoms with E-state index in [1.54, 1.807) is 24.3 Å². The minimum atomic E-state index is -0.700. The van der Waals surface area contributed by atoms with Crippen LogP contribution in [0.15, 0.2) is 65.6 Å². The number of carbonyl (C=O) groups excluding carboxylic acids is 2. The smallest absolute Gasteiger partial charge is 0.300 e. The molecule has 0 spiro atoms. The van der Waals surface area contributed by atoms with E-state index in [4.69, 9.17) is 11.6 Å². The molecule has 2 aliphatic rings. The largest absolute Gasteiger partial charge is 0.507 e. The molecule has 1 amide bonds. The summed E-state index contributed by atoms with van der Waals surface area (Å²) in [6.45, 7) is 0. The second-order valence-electron chi connectivity index (χ2n) is 7.85. The van der Waals surface area contributed by atoms with E-state index in [1.165, 1.54) is 33.8 Å². The van der Waals surface area contributed by atoms with Crippen LogP contribution in [0.1, 0.15) is 40.5 Å². The molecular weight excluding hydrogens is 430 g/mol. The summed E-state index contributed by atoms with van der Waals surface area (Å²) < 4.78 is 0. The molecule has 1 saturated heterocycles. The fourth-order valence-electron chi connectivity index (χ4n) is 4.48. The van der Waals surface area contributed by atoms with Crippen LogP contribution >= 0.6 is 22.9 Å². The van der Waals surface area contributed by atoms with Crippen LogP contribution in [0.25, 0.3) is 5.76 Å². The topological polar surface area (TPSA) is 57.6 Å². The average Bonchev–Trinajstić information content (AvgIpc) is 3.40. The number of anilines is 1. The Balaban J connectivity index is 1.68. The Kier molecular flexibility index (Phi) is 5.16. The van der Waals surface area contributed by atoms with Gasteiger partial charge in [0.05, 0.1) is 5.57 Å². The number of ketones is 1. The van der Waals surface area contributed by atoms with E-state index in [9.17, 15) is 14.7 Å². The fourth-order valence-corrected chi connectivity index (χ4v) is 5.49. The Morgan fingerprint density at radius 1 is 1.00 bits per heavy atom. The molecule has 156 valence electrons. The third-order valence-electron chi connectivity index (χ3n) is 5.97. The average molecular weight is 450 g/mol. The van der Waals surface area contributed by atoms with Gasteiger partial charge >= 0.3 is 0 Å². The maximum absolute atomic E-state index is 13.1. The van der Waals surface area contributed by atoms with Crippen molar-refractivity contribution in [3.63, 3.8) is 0 Å². The summed E-state index contributed by atoms with van der Waals surface area (Å²) >= 11 is 7.60. The van der Waals surface area contributed by atoms with Crippen molar-refractivity contribution in [1.82, 2.24) is 0 Å². The summed E-state index contributed by atoms with van der Waals surface area (Å²) in [5, 5.41) is 13.6. The van der Waals surface area contributed by atoms with Gasteiger partial charge in [-0.25, -0.2) is 0 Å². The molecule has 0 saturated carbocycles. The maximum atomic E-state index is 13.1. The van der Waals surface area contributed by atoms with Crippen molar-refractivity contribution in [3.8, 4) is 0 Å². The first kappa shape index (κ1) is 20.0. The molecule has 0 radical (unpaired) electrons. The van der Waals surface area contributed by atoms with Crippen LogP contribution in [0, 0.1) is 0 Å². The summed E-state index contributed by atoms with van der Waals surface area (Å²) in [6, 6.07) is 15.7. The maximum Gasteiger partial charge on any atom is 0.300 e. The lowest BCUT2D eigenvalue weighted by atomic mass is 9.89. The van der Waals surface area contributed by atoms with E-state index < -0.39 is 17.7 Å². The predicted octanol–water partition coefficient (Wildman–Crippen LogP) is 5.91. The zero-order valence-corrected chi connectivity index (χ0v) is 18.2. The minimum absolute atomic E-state index is 0.114. The fraction of sp³-hybridized carbons (Fsp3) is 0.200. The van der Waals surface area contributed by atoms with Crippen LogP contribution in [0.3, 0.4) is 0 Å². The lowest BCUT2D eigenvalue weighted by molar-refractivity contribution is -0.132. The monoisotopic (exact) mass is 449 g/mol. The standard InChI is InChI=1S/C25H20ClNO3S/c26-18-7-3-8-19(14-18)27-22(20-9-4-12-31-20)21(24(29)25(27)30)23(28)17-11-10-15-5-1-2-6-16(15)13-17/h3-4,7-14,22,28H,1-2,5-6H2/b23-21-. The molecule has 31 heavy (non-hydrogen) atoms. The molecule has 6 heteroatoms. The van der Waals surface area contributed by atoms with Gasteiger partial charge in [-0.2, -0.15) is 0 Å².